The molecule has 0 fully saturated rings. The van der Waals surface area contributed by atoms with Gasteiger partial charge in [-0.3, -0.25) is 4.79 Å². The minimum atomic E-state index is -3.80. The molecule has 1 atom stereocenters. The van der Waals surface area contributed by atoms with E-state index in [0.29, 0.717) is 10.6 Å². The van der Waals surface area contributed by atoms with Crippen LogP contribution in [-0.2, 0) is 27.7 Å². The van der Waals surface area contributed by atoms with Crippen LogP contribution in [0.2, 0.25) is 10.0 Å². The zero-order valence-electron chi connectivity index (χ0n) is 17.6. The van der Waals surface area contributed by atoms with Gasteiger partial charge in [0.2, 0.25) is 10.0 Å². The minimum absolute atomic E-state index is 0.00698. The molecule has 0 amide bonds. The number of ketones is 1. The van der Waals surface area contributed by atoms with Gasteiger partial charge in [-0.05, 0) is 19.9 Å². The number of hydrogen-bond donors (Lipinski definition) is 0. The summed E-state index contributed by atoms with van der Waals surface area (Å²) in [5.41, 5.74) is 2.26. The van der Waals surface area contributed by atoms with E-state index in [1.165, 1.54) is 31.5 Å². The maximum absolute atomic E-state index is 12.9. The lowest BCUT2D eigenvalue weighted by atomic mass is 10.1. The topological polar surface area (TPSA) is 89.5 Å². The molecular weight excluding hydrogens is 513 g/mol. The maximum Gasteiger partial charge on any atom is 0.244 e. The SMILES string of the molecule is Cc1nc(C)c(-c2csc(CC(=O)C3Cc4cc(S(=O)(=O)N(C)C)c(Cl)c(Cl)c4O3)n2)s1. The summed E-state index contributed by atoms with van der Waals surface area (Å²) in [4.78, 5) is 22.8. The molecule has 1 aromatic carbocycles. The molecule has 1 unspecified atom stereocenters. The van der Waals surface area contributed by atoms with Crippen LogP contribution in [0.1, 0.15) is 21.3 Å². The molecule has 170 valence electrons. The highest BCUT2D eigenvalue weighted by molar-refractivity contribution is 7.89. The molecule has 32 heavy (non-hydrogen) atoms. The largest absolute Gasteiger partial charge is 0.480 e. The van der Waals surface area contributed by atoms with Crippen LogP contribution in [0.25, 0.3) is 10.6 Å². The van der Waals surface area contributed by atoms with Gasteiger partial charge in [-0.1, -0.05) is 23.2 Å². The number of nitrogens with zero attached hydrogens (tertiary/aromatic N) is 3. The molecule has 0 saturated carbocycles. The molecule has 0 saturated heterocycles. The molecule has 7 nitrogen and oxygen atoms in total. The molecule has 4 rings (SSSR count). The first kappa shape index (κ1) is 23.6. The number of carbonyl (C=O) groups excluding carboxylic acids is 1. The molecule has 0 aliphatic carbocycles. The van der Waals surface area contributed by atoms with Gasteiger partial charge in [0.15, 0.2) is 11.9 Å². The van der Waals surface area contributed by atoms with Crippen molar-refractivity contribution in [2.45, 2.75) is 37.7 Å². The monoisotopic (exact) mass is 531 g/mol. The lowest BCUT2D eigenvalue weighted by molar-refractivity contribution is -0.124. The summed E-state index contributed by atoms with van der Waals surface area (Å²) >= 11 is 15.5. The Balaban J connectivity index is 1.54. The van der Waals surface area contributed by atoms with E-state index in [4.69, 9.17) is 27.9 Å². The summed E-state index contributed by atoms with van der Waals surface area (Å²) in [6.07, 6.45) is -0.462. The van der Waals surface area contributed by atoms with Crippen LogP contribution in [0.3, 0.4) is 0 Å². The number of benzene rings is 1. The molecule has 12 heteroatoms. The van der Waals surface area contributed by atoms with E-state index in [1.54, 1.807) is 11.3 Å². The van der Waals surface area contributed by atoms with E-state index in [1.807, 2.05) is 19.2 Å². The predicted molar refractivity (Wildman–Crippen MR) is 127 cm³/mol. The van der Waals surface area contributed by atoms with E-state index in [0.717, 1.165) is 25.6 Å². The summed E-state index contributed by atoms with van der Waals surface area (Å²) in [6.45, 7) is 3.88. The van der Waals surface area contributed by atoms with Gasteiger partial charge in [0, 0.05) is 31.5 Å². The molecule has 1 aliphatic rings. The lowest BCUT2D eigenvalue weighted by Gasteiger charge is -2.15. The first-order valence-corrected chi connectivity index (χ1v) is 13.4. The second kappa shape index (κ2) is 8.66. The van der Waals surface area contributed by atoms with E-state index >= 15 is 0 Å². The van der Waals surface area contributed by atoms with Gasteiger partial charge in [0.05, 0.1) is 32.7 Å². The smallest absolute Gasteiger partial charge is 0.244 e. The van der Waals surface area contributed by atoms with Gasteiger partial charge in [-0.2, -0.15) is 0 Å². The third kappa shape index (κ3) is 4.20. The Labute approximate surface area is 204 Å². The highest BCUT2D eigenvalue weighted by atomic mass is 35.5. The number of hydrogen-bond acceptors (Lipinski definition) is 8. The van der Waals surface area contributed by atoms with Crippen molar-refractivity contribution in [1.29, 1.82) is 0 Å². The summed E-state index contributed by atoms with van der Waals surface area (Å²) in [5.74, 6) is 0.0897. The third-order valence-corrected chi connectivity index (χ3v) is 9.75. The zero-order chi connectivity index (χ0) is 23.4. The number of halogens is 2. The van der Waals surface area contributed by atoms with Crippen molar-refractivity contribution in [3.8, 4) is 16.3 Å². The van der Waals surface area contributed by atoms with Gasteiger partial charge in [0.25, 0.3) is 0 Å². The van der Waals surface area contributed by atoms with Crippen molar-refractivity contribution in [2.75, 3.05) is 14.1 Å². The fraction of sp³-hybridized carbons (Fsp3) is 0.350. The highest BCUT2D eigenvalue weighted by Crippen LogP contribution is 2.44. The first-order chi connectivity index (χ1) is 15.0. The van der Waals surface area contributed by atoms with Gasteiger partial charge in [0.1, 0.15) is 20.7 Å². The van der Waals surface area contributed by atoms with E-state index in [-0.39, 0.29) is 39.3 Å². The van der Waals surface area contributed by atoms with Crippen molar-refractivity contribution >= 4 is 61.7 Å². The number of aromatic nitrogens is 2. The van der Waals surface area contributed by atoms with Crippen LogP contribution >= 0.6 is 45.9 Å². The summed E-state index contributed by atoms with van der Waals surface area (Å²) < 4.78 is 32.0. The fourth-order valence-electron chi connectivity index (χ4n) is 3.39. The Kier molecular flexibility index (Phi) is 6.38. The molecule has 2 aromatic heterocycles. The quantitative estimate of drug-likeness (QED) is 0.463. The number of sulfonamides is 1. The maximum atomic E-state index is 12.9. The van der Waals surface area contributed by atoms with Gasteiger partial charge in [-0.15, -0.1) is 22.7 Å². The normalized spacial score (nSPS) is 15.8. The van der Waals surface area contributed by atoms with Crippen LogP contribution < -0.4 is 4.74 Å². The van der Waals surface area contributed by atoms with Crippen molar-refractivity contribution in [2.24, 2.45) is 0 Å². The fourth-order valence-corrected chi connectivity index (χ4v) is 6.91. The number of ether oxygens (including phenoxy) is 1. The van der Waals surface area contributed by atoms with Crippen LogP contribution in [0, 0.1) is 13.8 Å². The van der Waals surface area contributed by atoms with Crippen LogP contribution in [0.4, 0.5) is 0 Å². The van der Waals surface area contributed by atoms with Crippen molar-refractivity contribution in [1.82, 2.24) is 14.3 Å². The number of rotatable bonds is 6. The third-order valence-electron chi connectivity index (χ3n) is 5.00. The highest BCUT2D eigenvalue weighted by Gasteiger charge is 2.35. The molecule has 0 spiro atoms. The number of aryl methyl sites for hydroxylation is 2. The van der Waals surface area contributed by atoms with Gasteiger partial charge in [-0.25, -0.2) is 22.7 Å². The Bertz CT molecular complexity index is 1330. The van der Waals surface area contributed by atoms with Crippen molar-refractivity contribution in [3.63, 3.8) is 0 Å². The van der Waals surface area contributed by atoms with E-state index < -0.39 is 16.1 Å². The zero-order valence-corrected chi connectivity index (χ0v) is 21.6. The second-order valence-electron chi connectivity index (χ2n) is 7.51. The number of fused-ring (bicyclic) bond motifs is 1. The molecule has 1 aliphatic heterocycles. The van der Waals surface area contributed by atoms with Crippen molar-refractivity contribution in [3.05, 3.63) is 42.8 Å². The van der Waals surface area contributed by atoms with Crippen LogP contribution in [0.5, 0.6) is 5.75 Å². The minimum Gasteiger partial charge on any atom is -0.480 e. The Hall–Kier alpha value is -1.56. The average molecular weight is 532 g/mol. The molecule has 0 radical (unpaired) electrons. The second-order valence-corrected chi connectivity index (χ2v) is 12.5. The number of thiazole rings is 2. The molecular formula is C20H19Cl2N3O4S3. The van der Waals surface area contributed by atoms with Gasteiger partial charge < -0.3 is 4.74 Å². The van der Waals surface area contributed by atoms with Crippen LogP contribution in [-0.4, -0.2) is 48.7 Å². The van der Waals surface area contributed by atoms with Crippen molar-refractivity contribution < 1.29 is 17.9 Å². The predicted octanol–water partition coefficient (Wildman–Crippen LogP) is 4.56. The Morgan fingerprint density at radius 3 is 2.59 bits per heavy atom. The number of Topliss-reactive ketones (excluding diaryl/α,β-unsaturated/α-hetero) is 1. The van der Waals surface area contributed by atoms with E-state index in [9.17, 15) is 13.2 Å². The first-order valence-electron chi connectivity index (χ1n) is 9.50. The number of carbonyl (C=O) groups is 1. The standard InChI is InChI=1S/C20H19Cl2N3O4S3/c1-9-20(31-10(2)23-9)12-8-30-16(24-12)7-13(26)14-5-11-6-15(32(27,28)25(3)4)17(21)18(22)19(11)29-14/h6,8,14H,5,7H2,1-4H3. The lowest BCUT2D eigenvalue weighted by Crippen LogP contribution is -2.26. The van der Waals surface area contributed by atoms with Crippen LogP contribution in [0.15, 0.2) is 16.3 Å². The molecule has 3 aromatic rings. The Morgan fingerprint density at radius 2 is 1.97 bits per heavy atom. The average Bonchev–Trinajstić information content (AvgIpc) is 3.42. The summed E-state index contributed by atoms with van der Waals surface area (Å²) in [5, 5.41) is 3.43. The molecule has 0 bridgehead atoms. The van der Waals surface area contributed by atoms with Gasteiger partial charge >= 0.3 is 0 Å². The van der Waals surface area contributed by atoms with E-state index in [2.05, 4.69) is 9.97 Å². The Morgan fingerprint density at radius 1 is 1.25 bits per heavy atom. The summed E-state index contributed by atoms with van der Waals surface area (Å²) in [7, 11) is -0.980. The molecule has 0 N–H and O–H groups in total. The summed E-state index contributed by atoms with van der Waals surface area (Å²) in [6, 6.07) is 1.43. The molecule has 3 heterocycles.